The van der Waals surface area contributed by atoms with E-state index in [9.17, 15) is 24.8 Å². The third-order valence-corrected chi connectivity index (χ3v) is 3.67. The Bertz CT molecular complexity index is 604. The number of benzene rings is 1. The molecule has 0 bridgehead atoms. The van der Waals surface area contributed by atoms with Gasteiger partial charge in [0.15, 0.2) is 0 Å². The van der Waals surface area contributed by atoms with Gasteiger partial charge in [-0.2, -0.15) is 0 Å². The number of carboxylic acid groups (broad SMARTS) is 1. The number of aliphatic carboxylic acids is 1. The van der Waals surface area contributed by atoms with E-state index >= 15 is 0 Å². The van der Waals surface area contributed by atoms with Crippen molar-refractivity contribution in [3.05, 3.63) is 38.9 Å². The number of rotatable bonds is 3. The third-order valence-electron chi connectivity index (χ3n) is 3.43. The number of piperidine rings is 1. The average molecular weight is 313 g/mol. The molecule has 1 atom stereocenters. The zero-order valence-electron chi connectivity index (χ0n) is 11.0. The number of hydrogen-bond donors (Lipinski definition) is 1. The van der Waals surface area contributed by atoms with Crippen molar-refractivity contribution in [2.75, 3.05) is 6.54 Å². The fraction of sp³-hybridized carbons (Fsp3) is 0.385. The summed E-state index contributed by atoms with van der Waals surface area (Å²) < 4.78 is 0. The maximum absolute atomic E-state index is 12.5. The number of nitro benzene ring substituents is 1. The van der Waals surface area contributed by atoms with E-state index in [-0.39, 0.29) is 22.8 Å². The van der Waals surface area contributed by atoms with Crippen molar-refractivity contribution in [2.24, 2.45) is 0 Å². The molecule has 0 unspecified atom stereocenters. The zero-order valence-corrected chi connectivity index (χ0v) is 11.7. The van der Waals surface area contributed by atoms with Gasteiger partial charge in [0.05, 0.1) is 4.92 Å². The Morgan fingerprint density at radius 3 is 2.71 bits per heavy atom. The van der Waals surface area contributed by atoms with Crippen molar-refractivity contribution in [2.45, 2.75) is 25.3 Å². The molecule has 21 heavy (non-hydrogen) atoms. The molecule has 0 aromatic heterocycles. The summed E-state index contributed by atoms with van der Waals surface area (Å²) in [7, 11) is 0. The molecule has 2 rings (SSSR count). The Labute approximate surface area is 125 Å². The molecule has 1 N–H and O–H groups in total. The summed E-state index contributed by atoms with van der Waals surface area (Å²) >= 11 is 5.79. The zero-order chi connectivity index (χ0) is 15.6. The van der Waals surface area contributed by atoms with Crippen LogP contribution in [0, 0.1) is 10.1 Å². The monoisotopic (exact) mass is 312 g/mol. The van der Waals surface area contributed by atoms with Crippen LogP contribution in [0.1, 0.15) is 29.6 Å². The lowest BCUT2D eigenvalue weighted by Gasteiger charge is -2.32. The summed E-state index contributed by atoms with van der Waals surface area (Å²) in [4.78, 5) is 35.2. The molecule has 0 saturated carbocycles. The number of likely N-dealkylation sites (tertiary alicyclic amines) is 1. The largest absolute Gasteiger partial charge is 0.480 e. The number of nitro groups is 1. The van der Waals surface area contributed by atoms with Gasteiger partial charge in [-0.25, -0.2) is 4.79 Å². The maximum Gasteiger partial charge on any atom is 0.326 e. The van der Waals surface area contributed by atoms with Crippen LogP contribution in [0.5, 0.6) is 0 Å². The molecule has 1 aliphatic heterocycles. The van der Waals surface area contributed by atoms with E-state index in [0.29, 0.717) is 19.3 Å². The maximum atomic E-state index is 12.5. The molecule has 1 aromatic rings. The van der Waals surface area contributed by atoms with Gasteiger partial charge in [0, 0.05) is 17.6 Å². The van der Waals surface area contributed by atoms with Crippen LogP contribution >= 0.6 is 11.6 Å². The van der Waals surface area contributed by atoms with Crippen molar-refractivity contribution in [1.82, 2.24) is 4.90 Å². The van der Waals surface area contributed by atoms with Crippen LogP contribution in [0.25, 0.3) is 0 Å². The predicted molar refractivity (Wildman–Crippen MR) is 74.4 cm³/mol. The van der Waals surface area contributed by atoms with E-state index in [2.05, 4.69) is 0 Å². The summed E-state index contributed by atoms with van der Waals surface area (Å²) in [6.45, 7) is 0.263. The second-order valence-corrected chi connectivity index (χ2v) is 5.20. The number of carbonyl (C=O) groups excluding carboxylic acids is 1. The molecule has 1 aliphatic rings. The molecular weight excluding hydrogens is 300 g/mol. The van der Waals surface area contributed by atoms with Gasteiger partial charge in [0.1, 0.15) is 11.6 Å². The quantitative estimate of drug-likeness (QED) is 0.682. The minimum absolute atomic E-state index is 0.180. The van der Waals surface area contributed by atoms with Crippen LogP contribution in [-0.4, -0.2) is 39.4 Å². The summed E-state index contributed by atoms with van der Waals surface area (Å²) in [6, 6.07) is 2.72. The minimum atomic E-state index is -1.10. The Balaban J connectivity index is 2.40. The summed E-state index contributed by atoms with van der Waals surface area (Å²) in [5, 5.41) is 20.4. The van der Waals surface area contributed by atoms with Gasteiger partial charge in [0.2, 0.25) is 0 Å². The first-order valence-corrected chi connectivity index (χ1v) is 6.77. The van der Waals surface area contributed by atoms with E-state index in [4.69, 9.17) is 11.6 Å². The number of carboxylic acids is 1. The summed E-state index contributed by atoms with van der Waals surface area (Å²) in [5.41, 5.74) is -0.556. The molecule has 1 heterocycles. The lowest BCUT2D eigenvalue weighted by molar-refractivity contribution is -0.385. The van der Waals surface area contributed by atoms with Crippen LogP contribution in [0.3, 0.4) is 0 Å². The van der Waals surface area contributed by atoms with Crippen molar-refractivity contribution in [3.63, 3.8) is 0 Å². The number of nitrogens with zero attached hydrogens (tertiary/aromatic N) is 2. The SMILES string of the molecule is O=C(O)[C@@H]1CCCCN1C(=O)c1cc(Cl)ccc1[N+](=O)[O-]. The van der Waals surface area contributed by atoms with Gasteiger partial charge >= 0.3 is 5.97 Å². The lowest BCUT2D eigenvalue weighted by Crippen LogP contribution is -2.48. The van der Waals surface area contributed by atoms with Crippen molar-refractivity contribution in [3.8, 4) is 0 Å². The number of halogens is 1. The molecule has 1 saturated heterocycles. The standard InChI is InChI=1S/C13H13ClN2O5/c14-8-4-5-10(16(20)21)9(7-8)12(17)15-6-2-1-3-11(15)13(18)19/h4-5,7,11H,1-3,6H2,(H,18,19)/t11-/m0/s1. The smallest absolute Gasteiger partial charge is 0.326 e. The molecule has 0 spiro atoms. The number of carbonyl (C=O) groups is 2. The highest BCUT2D eigenvalue weighted by atomic mass is 35.5. The molecule has 1 amide bonds. The second-order valence-electron chi connectivity index (χ2n) is 4.77. The highest BCUT2D eigenvalue weighted by Gasteiger charge is 2.35. The van der Waals surface area contributed by atoms with E-state index in [0.717, 1.165) is 6.07 Å². The normalized spacial score (nSPS) is 18.3. The van der Waals surface area contributed by atoms with Crippen LogP contribution in [0.4, 0.5) is 5.69 Å². The highest BCUT2D eigenvalue weighted by molar-refractivity contribution is 6.31. The number of amides is 1. The van der Waals surface area contributed by atoms with E-state index in [1.807, 2.05) is 0 Å². The topological polar surface area (TPSA) is 101 Å². The van der Waals surface area contributed by atoms with Crippen molar-refractivity contribution < 1.29 is 19.6 Å². The molecule has 8 heteroatoms. The Hall–Kier alpha value is -2.15. The molecule has 1 fully saturated rings. The summed E-state index contributed by atoms with van der Waals surface area (Å²) in [5.74, 6) is -1.77. The molecule has 112 valence electrons. The van der Waals surface area contributed by atoms with Crippen molar-refractivity contribution >= 4 is 29.2 Å². The van der Waals surface area contributed by atoms with Crippen LogP contribution in [-0.2, 0) is 4.79 Å². The molecule has 0 radical (unpaired) electrons. The third kappa shape index (κ3) is 3.13. The first-order chi connectivity index (χ1) is 9.91. The first kappa shape index (κ1) is 15.2. The Morgan fingerprint density at radius 1 is 1.38 bits per heavy atom. The van der Waals surface area contributed by atoms with E-state index in [1.54, 1.807) is 0 Å². The first-order valence-electron chi connectivity index (χ1n) is 6.39. The summed E-state index contributed by atoms with van der Waals surface area (Å²) in [6.07, 6.45) is 1.72. The predicted octanol–water partition coefficient (Wildman–Crippen LogP) is 2.33. The van der Waals surface area contributed by atoms with Gasteiger partial charge in [-0.15, -0.1) is 0 Å². The average Bonchev–Trinajstić information content (AvgIpc) is 2.46. The van der Waals surface area contributed by atoms with Gasteiger partial charge in [-0.3, -0.25) is 14.9 Å². The Kier molecular flexibility index (Phi) is 4.42. The van der Waals surface area contributed by atoms with Gasteiger partial charge in [-0.1, -0.05) is 11.6 Å². The molecule has 0 aliphatic carbocycles. The molecular formula is C13H13ClN2O5. The van der Waals surface area contributed by atoms with Crippen LogP contribution < -0.4 is 0 Å². The van der Waals surface area contributed by atoms with E-state index < -0.39 is 22.8 Å². The number of hydrogen-bond acceptors (Lipinski definition) is 4. The van der Waals surface area contributed by atoms with Gasteiger partial charge < -0.3 is 10.0 Å². The Morgan fingerprint density at radius 2 is 2.10 bits per heavy atom. The van der Waals surface area contributed by atoms with Gasteiger partial charge in [-0.05, 0) is 31.4 Å². The molecule has 1 aromatic carbocycles. The minimum Gasteiger partial charge on any atom is -0.480 e. The lowest BCUT2D eigenvalue weighted by atomic mass is 10.0. The van der Waals surface area contributed by atoms with E-state index in [1.165, 1.54) is 17.0 Å². The second kappa shape index (κ2) is 6.09. The highest BCUT2D eigenvalue weighted by Crippen LogP contribution is 2.27. The van der Waals surface area contributed by atoms with Gasteiger partial charge in [0.25, 0.3) is 11.6 Å². The fourth-order valence-corrected chi connectivity index (χ4v) is 2.60. The van der Waals surface area contributed by atoms with Crippen LogP contribution in [0.15, 0.2) is 18.2 Å². The fourth-order valence-electron chi connectivity index (χ4n) is 2.42. The van der Waals surface area contributed by atoms with Crippen molar-refractivity contribution in [1.29, 1.82) is 0 Å². The molecule has 7 nitrogen and oxygen atoms in total. The van der Waals surface area contributed by atoms with Crippen LogP contribution in [0.2, 0.25) is 5.02 Å².